The number of halogens is 3. The van der Waals surface area contributed by atoms with Crippen molar-refractivity contribution in [2.45, 2.75) is 0 Å². The van der Waals surface area contributed by atoms with Crippen LogP contribution in [0.3, 0.4) is 0 Å². The van der Waals surface area contributed by atoms with Gasteiger partial charge in [0.2, 0.25) is 0 Å². The zero-order valence-corrected chi connectivity index (χ0v) is 12.4. The first kappa shape index (κ1) is 13.3. The van der Waals surface area contributed by atoms with E-state index in [1.54, 1.807) is 12.1 Å². The first-order chi connectivity index (χ1) is 9.63. The van der Waals surface area contributed by atoms with Crippen molar-refractivity contribution in [1.82, 2.24) is 9.97 Å². The predicted octanol–water partition coefficient (Wildman–Crippen LogP) is 4.93. The Kier molecular flexibility index (Phi) is 3.54. The molecule has 0 atom stereocenters. The van der Waals surface area contributed by atoms with Crippen LogP contribution in [0, 0.1) is 5.82 Å². The molecule has 3 rings (SSSR count). The summed E-state index contributed by atoms with van der Waals surface area (Å²) < 4.78 is 14.7. The summed E-state index contributed by atoms with van der Waals surface area (Å²) in [6.07, 6.45) is 1.44. The first-order valence-corrected chi connectivity index (χ1v) is 6.93. The molecule has 1 heterocycles. The first-order valence-electron chi connectivity index (χ1n) is 5.76. The fraction of sp³-hybridized carbons (Fsp3) is 0. The molecule has 2 aromatic carbocycles. The lowest BCUT2D eigenvalue weighted by molar-refractivity contribution is 0.632. The molecular formula is C14H8BrClFN3. The van der Waals surface area contributed by atoms with Gasteiger partial charge >= 0.3 is 0 Å². The van der Waals surface area contributed by atoms with Crippen LogP contribution in [0.15, 0.2) is 47.2 Å². The number of benzene rings is 2. The summed E-state index contributed by atoms with van der Waals surface area (Å²) in [4.78, 5) is 8.34. The number of nitrogens with zero attached hydrogens (tertiary/aromatic N) is 2. The van der Waals surface area contributed by atoms with Crippen LogP contribution < -0.4 is 5.32 Å². The van der Waals surface area contributed by atoms with Crippen LogP contribution in [-0.2, 0) is 0 Å². The normalized spacial score (nSPS) is 10.8. The minimum atomic E-state index is -0.431. The average molecular weight is 353 g/mol. The standard InChI is InChI=1S/C14H8BrClFN3/c15-8-1-3-12-10(5-8)14(19-7-18-12)20-13-4-2-9(16)6-11(13)17/h1-7H,(H,18,19,20). The number of hydrogen-bond acceptors (Lipinski definition) is 3. The third-order valence-corrected chi connectivity index (χ3v) is 3.51. The maximum absolute atomic E-state index is 13.8. The van der Waals surface area contributed by atoms with Crippen LogP contribution in [0.4, 0.5) is 15.9 Å². The van der Waals surface area contributed by atoms with Crippen LogP contribution in [0.2, 0.25) is 5.02 Å². The quantitative estimate of drug-likeness (QED) is 0.711. The van der Waals surface area contributed by atoms with Crippen molar-refractivity contribution < 1.29 is 4.39 Å². The van der Waals surface area contributed by atoms with Gasteiger partial charge in [-0.15, -0.1) is 0 Å². The van der Waals surface area contributed by atoms with Crippen LogP contribution in [-0.4, -0.2) is 9.97 Å². The van der Waals surface area contributed by atoms with Gasteiger partial charge in [0.05, 0.1) is 11.2 Å². The molecule has 1 aromatic heterocycles. The van der Waals surface area contributed by atoms with E-state index in [0.717, 1.165) is 15.4 Å². The van der Waals surface area contributed by atoms with Crippen LogP contribution in [0.25, 0.3) is 10.9 Å². The zero-order valence-electron chi connectivity index (χ0n) is 10.1. The summed E-state index contributed by atoms with van der Waals surface area (Å²) in [5.74, 6) is 0.108. The second-order valence-corrected chi connectivity index (χ2v) is 5.49. The average Bonchev–Trinajstić information content (AvgIpc) is 2.42. The SMILES string of the molecule is Fc1cc(Cl)ccc1Nc1ncnc2ccc(Br)cc12. The van der Waals surface area contributed by atoms with E-state index in [-0.39, 0.29) is 0 Å². The summed E-state index contributed by atoms with van der Waals surface area (Å²) in [6.45, 7) is 0. The number of nitrogens with one attached hydrogen (secondary N) is 1. The summed E-state index contributed by atoms with van der Waals surface area (Å²) in [6, 6.07) is 10.1. The number of hydrogen-bond donors (Lipinski definition) is 1. The van der Waals surface area contributed by atoms with Gasteiger partial charge in [0.25, 0.3) is 0 Å². The van der Waals surface area contributed by atoms with E-state index in [0.29, 0.717) is 16.5 Å². The lowest BCUT2D eigenvalue weighted by atomic mass is 10.2. The molecule has 0 bridgehead atoms. The van der Waals surface area contributed by atoms with Gasteiger partial charge in [-0.25, -0.2) is 14.4 Å². The Hall–Kier alpha value is -1.72. The molecule has 0 amide bonds. The highest BCUT2D eigenvalue weighted by atomic mass is 79.9. The van der Waals surface area contributed by atoms with Crippen molar-refractivity contribution in [3.63, 3.8) is 0 Å². The Bertz CT molecular complexity index is 794. The topological polar surface area (TPSA) is 37.8 Å². The minimum Gasteiger partial charge on any atom is -0.337 e. The van der Waals surface area contributed by atoms with Crippen molar-refractivity contribution in [2.75, 3.05) is 5.32 Å². The van der Waals surface area contributed by atoms with E-state index in [1.165, 1.54) is 12.4 Å². The van der Waals surface area contributed by atoms with Gasteiger partial charge < -0.3 is 5.32 Å². The molecule has 3 nitrogen and oxygen atoms in total. The van der Waals surface area contributed by atoms with E-state index in [2.05, 4.69) is 31.2 Å². The maximum Gasteiger partial charge on any atom is 0.148 e. The highest BCUT2D eigenvalue weighted by molar-refractivity contribution is 9.10. The molecule has 6 heteroatoms. The highest BCUT2D eigenvalue weighted by Crippen LogP contribution is 2.27. The number of fused-ring (bicyclic) bond motifs is 1. The molecule has 1 N–H and O–H groups in total. The summed E-state index contributed by atoms with van der Waals surface area (Å²) in [5.41, 5.74) is 1.09. The van der Waals surface area contributed by atoms with E-state index < -0.39 is 5.82 Å². The Balaban J connectivity index is 2.08. The van der Waals surface area contributed by atoms with Crippen LogP contribution in [0.1, 0.15) is 0 Å². The van der Waals surface area contributed by atoms with Crippen LogP contribution >= 0.6 is 27.5 Å². The van der Waals surface area contributed by atoms with E-state index in [9.17, 15) is 4.39 Å². The lowest BCUT2D eigenvalue weighted by Crippen LogP contribution is -1.98. The van der Waals surface area contributed by atoms with E-state index >= 15 is 0 Å². The Morgan fingerprint density at radius 1 is 1.10 bits per heavy atom. The monoisotopic (exact) mass is 351 g/mol. The Labute approximate surface area is 127 Å². The third-order valence-electron chi connectivity index (χ3n) is 2.78. The molecule has 0 spiro atoms. The van der Waals surface area contributed by atoms with Gasteiger partial charge in [0, 0.05) is 14.9 Å². The van der Waals surface area contributed by atoms with Gasteiger partial charge in [-0.05, 0) is 36.4 Å². The molecule has 0 aliphatic carbocycles. The predicted molar refractivity (Wildman–Crippen MR) is 81.9 cm³/mol. The zero-order chi connectivity index (χ0) is 14.1. The van der Waals surface area contributed by atoms with Crippen molar-refractivity contribution in [3.8, 4) is 0 Å². The summed E-state index contributed by atoms with van der Waals surface area (Å²) in [5, 5.41) is 4.12. The highest BCUT2D eigenvalue weighted by Gasteiger charge is 2.08. The number of anilines is 2. The molecule has 100 valence electrons. The molecule has 0 radical (unpaired) electrons. The largest absolute Gasteiger partial charge is 0.337 e. The van der Waals surface area contributed by atoms with Gasteiger partial charge in [-0.1, -0.05) is 27.5 Å². The number of aromatic nitrogens is 2. The summed E-state index contributed by atoms with van der Waals surface area (Å²) in [7, 11) is 0. The van der Waals surface area contributed by atoms with Crippen LogP contribution in [0.5, 0.6) is 0 Å². The minimum absolute atomic E-state index is 0.314. The molecule has 0 aliphatic heterocycles. The summed E-state index contributed by atoms with van der Waals surface area (Å²) >= 11 is 9.14. The van der Waals surface area contributed by atoms with Crippen molar-refractivity contribution in [3.05, 3.63) is 58.0 Å². The number of rotatable bonds is 2. The van der Waals surface area contributed by atoms with E-state index in [4.69, 9.17) is 11.6 Å². The fourth-order valence-electron chi connectivity index (χ4n) is 1.85. The molecule has 0 saturated carbocycles. The van der Waals surface area contributed by atoms with Gasteiger partial charge in [0.1, 0.15) is 18.0 Å². The van der Waals surface area contributed by atoms with Gasteiger partial charge in [0.15, 0.2) is 0 Å². The fourth-order valence-corrected chi connectivity index (χ4v) is 2.37. The molecule has 0 aliphatic rings. The smallest absolute Gasteiger partial charge is 0.148 e. The van der Waals surface area contributed by atoms with Gasteiger partial charge in [-0.3, -0.25) is 0 Å². The maximum atomic E-state index is 13.8. The van der Waals surface area contributed by atoms with Gasteiger partial charge in [-0.2, -0.15) is 0 Å². The molecule has 20 heavy (non-hydrogen) atoms. The third kappa shape index (κ3) is 2.59. The van der Waals surface area contributed by atoms with Crippen molar-refractivity contribution >= 4 is 49.9 Å². The van der Waals surface area contributed by atoms with E-state index in [1.807, 2.05) is 18.2 Å². The molecular weight excluding hydrogens is 345 g/mol. The second-order valence-electron chi connectivity index (χ2n) is 4.13. The van der Waals surface area contributed by atoms with Crippen molar-refractivity contribution in [2.24, 2.45) is 0 Å². The molecule has 0 unspecified atom stereocenters. The molecule has 0 saturated heterocycles. The molecule has 0 fully saturated rings. The Morgan fingerprint density at radius 3 is 2.75 bits per heavy atom. The second kappa shape index (κ2) is 5.34. The van der Waals surface area contributed by atoms with Crippen molar-refractivity contribution in [1.29, 1.82) is 0 Å². The lowest BCUT2D eigenvalue weighted by Gasteiger charge is -2.09. The Morgan fingerprint density at radius 2 is 1.95 bits per heavy atom. The molecule has 3 aromatic rings.